The molecular formula is C14H19F3N6S. The number of hydrogen-bond donors (Lipinski definition) is 2. The summed E-state index contributed by atoms with van der Waals surface area (Å²) in [6.45, 7) is 2.30. The number of guanidine groups is 1. The number of rotatable bonds is 6. The number of halogens is 3. The fourth-order valence-electron chi connectivity index (χ4n) is 1.82. The molecule has 2 aromatic heterocycles. The van der Waals surface area contributed by atoms with Crippen LogP contribution >= 0.6 is 11.3 Å². The molecule has 0 bridgehead atoms. The monoisotopic (exact) mass is 360 g/mol. The summed E-state index contributed by atoms with van der Waals surface area (Å²) in [5.74, 6) is 1.70. The summed E-state index contributed by atoms with van der Waals surface area (Å²) in [5.41, 5.74) is 0. The summed E-state index contributed by atoms with van der Waals surface area (Å²) in [6, 6.07) is 3.86. The predicted octanol–water partition coefficient (Wildman–Crippen LogP) is 2.37. The van der Waals surface area contributed by atoms with E-state index in [4.69, 9.17) is 0 Å². The molecule has 0 fully saturated rings. The second-order valence-electron chi connectivity index (χ2n) is 5.11. The SMILES string of the molecule is Cc1nnc(CN=C(NCCC(F)(F)F)NCc2cccs2)n1C. The lowest BCUT2D eigenvalue weighted by Gasteiger charge is -2.13. The van der Waals surface area contributed by atoms with E-state index in [1.807, 2.05) is 31.5 Å². The van der Waals surface area contributed by atoms with Gasteiger partial charge in [-0.2, -0.15) is 13.2 Å². The standard InChI is InChI=1S/C14H19F3N6S/c1-10-21-22-12(23(10)2)9-20-13(18-6-5-14(15,16)17)19-8-11-4-3-7-24-11/h3-4,7H,5-6,8-9H2,1-2H3,(H2,18,19,20). The van der Waals surface area contributed by atoms with E-state index in [0.29, 0.717) is 18.3 Å². The third kappa shape index (κ3) is 5.84. The van der Waals surface area contributed by atoms with Crippen molar-refractivity contribution < 1.29 is 13.2 Å². The number of nitrogens with zero attached hydrogens (tertiary/aromatic N) is 4. The molecule has 10 heteroatoms. The Bertz CT molecular complexity index is 663. The van der Waals surface area contributed by atoms with E-state index in [-0.39, 0.29) is 13.1 Å². The van der Waals surface area contributed by atoms with Gasteiger partial charge in [-0.05, 0) is 18.4 Å². The smallest absolute Gasteiger partial charge is 0.356 e. The molecule has 24 heavy (non-hydrogen) atoms. The van der Waals surface area contributed by atoms with Gasteiger partial charge < -0.3 is 15.2 Å². The van der Waals surface area contributed by atoms with Gasteiger partial charge in [-0.15, -0.1) is 21.5 Å². The predicted molar refractivity (Wildman–Crippen MR) is 86.7 cm³/mol. The number of alkyl halides is 3. The van der Waals surface area contributed by atoms with Gasteiger partial charge in [0, 0.05) is 18.5 Å². The average molecular weight is 360 g/mol. The average Bonchev–Trinajstić information content (AvgIpc) is 3.12. The fraction of sp³-hybridized carbons (Fsp3) is 0.500. The van der Waals surface area contributed by atoms with Gasteiger partial charge >= 0.3 is 6.18 Å². The van der Waals surface area contributed by atoms with Crippen LogP contribution in [-0.4, -0.2) is 33.4 Å². The highest BCUT2D eigenvalue weighted by atomic mass is 32.1. The van der Waals surface area contributed by atoms with E-state index in [0.717, 1.165) is 10.7 Å². The van der Waals surface area contributed by atoms with Crippen molar-refractivity contribution in [1.29, 1.82) is 0 Å². The number of aliphatic imine (C=N–C) groups is 1. The molecule has 0 aliphatic heterocycles. The lowest BCUT2D eigenvalue weighted by molar-refractivity contribution is -0.132. The van der Waals surface area contributed by atoms with Gasteiger partial charge in [0.1, 0.15) is 12.4 Å². The van der Waals surface area contributed by atoms with Crippen LogP contribution in [-0.2, 0) is 20.1 Å². The number of aryl methyl sites for hydroxylation is 1. The van der Waals surface area contributed by atoms with Crippen molar-refractivity contribution in [2.45, 2.75) is 32.6 Å². The Labute approximate surface area is 141 Å². The minimum absolute atomic E-state index is 0.225. The van der Waals surface area contributed by atoms with Crippen LogP contribution in [0.5, 0.6) is 0 Å². The Morgan fingerprint density at radius 2 is 2.12 bits per heavy atom. The Morgan fingerprint density at radius 3 is 2.71 bits per heavy atom. The molecule has 2 N–H and O–H groups in total. The van der Waals surface area contributed by atoms with Crippen LogP contribution in [0, 0.1) is 6.92 Å². The van der Waals surface area contributed by atoms with Crippen LogP contribution in [0.3, 0.4) is 0 Å². The summed E-state index contributed by atoms with van der Waals surface area (Å²) >= 11 is 1.56. The first-order valence-electron chi connectivity index (χ1n) is 7.31. The van der Waals surface area contributed by atoms with Crippen molar-refractivity contribution in [2.24, 2.45) is 12.0 Å². The molecule has 2 rings (SSSR count). The Balaban J connectivity index is 1.97. The molecule has 0 aliphatic rings. The Kier molecular flexibility index (Phi) is 6.18. The van der Waals surface area contributed by atoms with Gasteiger partial charge in [0.25, 0.3) is 0 Å². The van der Waals surface area contributed by atoms with E-state index in [1.54, 1.807) is 15.9 Å². The number of hydrogen-bond acceptors (Lipinski definition) is 4. The highest BCUT2D eigenvalue weighted by Crippen LogP contribution is 2.18. The Morgan fingerprint density at radius 1 is 1.33 bits per heavy atom. The highest BCUT2D eigenvalue weighted by molar-refractivity contribution is 7.09. The first-order valence-corrected chi connectivity index (χ1v) is 8.19. The van der Waals surface area contributed by atoms with Crippen LogP contribution in [0.15, 0.2) is 22.5 Å². The van der Waals surface area contributed by atoms with Gasteiger partial charge in [0.2, 0.25) is 0 Å². The van der Waals surface area contributed by atoms with Crippen molar-refractivity contribution in [2.75, 3.05) is 6.54 Å². The van der Waals surface area contributed by atoms with Crippen LogP contribution in [0.1, 0.15) is 22.9 Å². The Hall–Kier alpha value is -2.10. The topological polar surface area (TPSA) is 67.1 Å². The maximum atomic E-state index is 12.3. The minimum Gasteiger partial charge on any atom is -0.356 e. The van der Waals surface area contributed by atoms with Gasteiger partial charge in [0.05, 0.1) is 13.0 Å². The maximum absolute atomic E-state index is 12.3. The van der Waals surface area contributed by atoms with Crippen molar-refractivity contribution in [1.82, 2.24) is 25.4 Å². The molecular weight excluding hydrogens is 341 g/mol. The normalized spacial score (nSPS) is 12.5. The van der Waals surface area contributed by atoms with Crippen LogP contribution < -0.4 is 10.6 Å². The molecule has 132 valence electrons. The van der Waals surface area contributed by atoms with Gasteiger partial charge in [-0.3, -0.25) is 0 Å². The zero-order chi connectivity index (χ0) is 17.6. The lowest BCUT2D eigenvalue weighted by Crippen LogP contribution is -2.38. The quantitative estimate of drug-likeness (QED) is 0.613. The summed E-state index contributed by atoms with van der Waals surface area (Å²) < 4.78 is 38.7. The third-order valence-corrected chi connectivity index (χ3v) is 4.15. The summed E-state index contributed by atoms with van der Waals surface area (Å²) in [6.07, 6.45) is -5.12. The third-order valence-electron chi connectivity index (χ3n) is 3.27. The molecule has 0 amide bonds. The van der Waals surface area contributed by atoms with Crippen molar-refractivity contribution >= 4 is 17.3 Å². The lowest BCUT2D eigenvalue weighted by atomic mass is 10.4. The fourth-order valence-corrected chi connectivity index (χ4v) is 2.46. The van der Waals surface area contributed by atoms with Crippen molar-refractivity contribution in [3.05, 3.63) is 34.0 Å². The molecule has 0 spiro atoms. The van der Waals surface area contributed by atoms with E-state index in [1.165, 1.54) is 0 Å². The number of aromatic nitrogens is 3. The van der Waals surface area contributed by atoms with Gasteiger partial charge in [0.15, 0.2) is 11.8 Å². The molecule has 2 aromatic rings. The molecule has 0 aliphatic carbocycles. The van der Waals surface area contributed by atoms with E-state index >= 15 is 0 Å². The van der Waals surface area contributed by atoms with E-state index in [9.17, 15) is 13.2 Å². The minimum atomic E-state index is -4.20. The second-order valence-corrected chi connectivity index (χ2v) is 6.14. The first kappa shape index (κ1) is 18.2. The molecule has 0 saturated carbocycles. The zero-order valence-corrected chi connectivity index (χ0v) is 14.2. The summed E-state index contributed by atoms with van der Waals surface area (Å²) in [4.78, 5) is 5.36. The molecule has 0 unspecified atom stereocenters. The van der Waals surface area contributed by atoms with E-state index < -0.39 is 12.6 Å². The van der Waals surface area contributed by atoms with Crippen molar-refractivity contribution in [3.8, 4) is 0 Å². The van der Waals surface area contributed by atoms with Crippen LogP contribution in [0.25, 0.3) is 0 Å². The molecule has 0 atom stereocenters. The summed E-state index contributed by atoms with van der Waals surface area (Å²) in [7, 11) is 1.82. The van der Waals surface area contributed by atoms with E-state index in [2.05, 4.69) is 25.8 Å². The second kappa shape index (κ2) is 8.13. The number of thiophene rings is 1. The maximum Gasteiger partial charge on any atom is 0.390 e. The molecule has 6 nitrogen and oxygen atoms in total. The number of nitrogens with one attached hydrogen (secondary N) is 2. The molecule has 0 aromatic carbocycles. The van der Waals surface area contributed by atoms with Gasteiger partial charge in [-0.1, -0.05) is 6.07 Å². The zero-order valence-electron chi connectivity index (χ0n) is 13.4. The van der Waals surface area contributed by atoms with Crippen LogP contribution in [0.2, 0.25) is 0 Å². The molecule has 2 heterocycles. The highest BCUT2D eigenvalue weighted by Gasteiger charge is 2.26. The molecule has 0 saturated heterocycles. The van der Waals surface area contributed by atoms with Crippen molar-refractivity contribution in [3.63, 3.8) is 0 Å². The van der Waals surface area contributed by atoms with Gasteiger partial charge in [-0.25, -0.2) is 4.99 Å². The first-order chi connectivity index (χ1) is 11.3. The van der Waals surface area contributed by atoms with Crippen LogP contribution in [0.4, 0.5) is 13.2 Å². The largest absolute Gasteiger partial charge is 0.390 e. The summed E-state index contributed by atoms with van der Waals surface area (Å²) in [5, 5.41) is 15.6. The molecule has 0 radical (unpaired) electrons.